The number of aromatic hydroxyl groups is 1. The molecule has 0 bridgehead atoms. The number of alkyl halides is 3. The molecule has 1 rings (SSSR count). The fraction of sp³-hybridized carbons (Fsp3) is 0.400. The molecule has 0 aromatic carbocycles. The Morgan fingerprint density at radius 2 is 2.00 bits per heavy atom. The molecule has 0 saturated carbocycles. The highest BCUT2D eigenvalue weighted by Crippen LogP contribution is 2.37. The number of aromatic nitrogens is 2. The first-order chi connectivity index (χ1) is 5.34. The minimum absolute atomic E-state index is 0.658. The van der Waals surface area contributed by atoms with Crippen molar-refractivity contribution in [2.24, 2.45) is 7.05 Å². The first kappa shape index (κ1) is 9.18. The van der Waals surface area contributed by atoms with E-state index in [-0.39, 0.29) is 0 Å². The van der Waals surface area contributed by atoms with E-state index in [9.17, 15) is 13.2 Å². The summed E-state index contributed by atoms with van der Waals surface area (Å²) in [7, 11) is 1.16. The van der Waals surface area contributed by atoms with E-state index in [1.165, 1.54) is 0 Å². The molecule has 0 atom stereocenters. The molecule has 0 unspecified atom stereocenters. The molecule has 1 heterocycles. The van der Waals surface area contributed by atoms with Gasteiger partial charge in [-0.25, -0.2) is 4.68 Å². The van der Waals surface area contributed by atoms with Crippen molar-refractivity contribution in [2.45, 2.75) is 6.18 Å². The minimum atomic E-state index is -4.63. The van der Waals surface area contributed by atoms with E-state index in [2.05, 4.69) is 5.10 Å². The summed E-state index contributed by atoms with van der Waals surface area (Å²) in [6, 6.07) is 0. The average molecular weight is 201 g/mol. The number of halogens is 4. The van der Waals surface area contributed by atoms with Gasteiger partial charge in [0.1, 0.15) is 5.02 Å². The normalized spacial score (nSPS) is 12.1. The largest absolute Gasteiger partial charge is 0.492 e. The highest BCUT2D eigenvalue weighted by atomic mass is 35.5. The van der Waals surface area contributed by atoms with E-state index in [1.807, 2.05) is 0 Å². The molecule has 7 heteroatoms. The zero-order chi connectivity index (χ0) is 9.52. The van der Waals surface area contributed by atoms with Crippen LogP contribution in [0.15, 0.2) is 0 Å². The van der Waals surface area contributed by atoms with E-state index in [1.54, 1.807) is 0 Å². The summed E-state index contributed by atoms with van der Waals surface area (Å²) in [5.74, 6) is -0.691. The van der Waals surface area contributed by atoms with Crippen LogP contribution in [-0.2, 0) is 13.2 Å². The first-order valence-corrected chi connectivity index (χ1v) is 3.20. The fourth-order valence-corrected chi connectivity index (χ4v) is 0.938. The monoisotopic (exact) mass is 200 g/mol. The maximum atomic E-state index is 12.0. The minimum Gasteiger partial charge on any atom is -0.492 e. The molecule has 0 amide bonds. The van der Waals surface area contributed by atoms with Crippen molar-refractivity contribution in [1.29, 1.82) is 0 Å². The van der Waals surface area contributed by atoms with Gasteiger partial charge in [-0.3, -0.25) is 0 Å². The number of rotatable bonds is 0. The number of hydrogen-bond acceptors (Lipinski definition) is 2. The highest BCUT2D eigenvalue weighted by molar-refractivity contribution is 6.32. The van der Waals surface area contributed by atoms with Crippen molar-refractivity contribution in [3.8, 4) is 5.88 Å². The first-order valence-electron chi connectivity index (χ1n) is 2.82. The van der Waals surface area contributed by atoms with Crippen LogP contribution in [0, 0.1) is 0 Å². The second kappa shape index (κ2) is 2.55. The molecule has 0 saturated heterocycles. The molecule has 68 valence electrons. The third-order valence-corrected chi connectivity index (χ3v) is 1.58. The summed E-state index contributed by atoms with van der Waals surface area (Å²) in [5.41, 5.74) is -1.27. The topological polar surface area (TPSA) is 38.0 Å². The lowest BCUT2D eigenvalue weighted by Crippen LogP contribution is -2.07. The van der Waals surface area contributed by atoms with Crippen LogP contribution in [0.3, 0.4) is 0 Å². The Labute approximate surface area is 70.4 Å². The van der Waals surface area contributed by atoms with Crippen molar-refractivity contribution >= 4 is 11.6 Å². The van der Waals surface area contributed by atoms with Gasteiger partial charge in [0.25, 0.3) is 0 Å². The predicted octanol–water partition coefficient (Wildman–Crippen LogP) is 1.80. The van der Waals surface area contributed by atoms with Gasteiger partial charge >= 0.3 is 6.18 Å². The van der Waals surface area contributed by atoms with Gasteiger partial charge in [0.05, 0.1) is 0 Å². The van der Waals surface area contributed by atoms with Crippen molar-refractivity contribution in [2.75, 3.05) is 0 Å². The van der Waals surface area contributed by atoms with Crippen LogP contribution in [0.25, 0.3) is 0 Å². The zero-order valence-electron chi connectivity index (χ0n) is 5.85. The summed E-state index contributed by atoms with van der Waals surface area (Å²) in [5, 5.41) is 11.1. The van der Waals surface area contributed by atoms with Crippen LogP contribution >= 0.6 is 11.6 Å². The molecule has 0 aliphatic heterocycles. The molecule has 0 radical (unpaired) electrons. The maximum absolute atomic E-state index is 12.0. The van der Waals surface area contributed by atoms with Gasteiger partial charge in [-0.05, 0) is 0 Å². The molecule has 1 aromatic heterocycles. The molecule has 3 nitrogen and oxygen atoms in total. The van der Waals surface area contributed by atoms with E-state index in [4.69, 9.17) is 16.7 Å². The van der Waals surface area contributed by atoms with Gasteiger partial charge < -0.3 is 5.11 Å². The molecular weight excluding hydrogens is 197 g/mol. The fourth-order valence-electron chi connectivity index (χ4n) is 0.670. The lowest BCUT2D eigenvalue weighted by atomic mass is 10.4. The van der Waals surface area contributed by atoms with Crippen molar-refractivity contribution in [3.63, 3.8) is 0 Å². The number of hydrogen-bond donors (Lipinski definition) is 1. The van der Waals surface area contributed by atoms with Crippen LogP contribution in [0.2, 0.25) is 5.02 Å². The zero-order valence-corrected chi connectivity index (χ0v) is 6.61. The smallest absolute Gasteiger partial charge is 0.436 e. The van der Waals surface area contributed by atoms with Crippen LogP contribution in [0.1, 0.15) is 5.69 Å². The van der Waals surface area contributed by atoms with Crippen LogP contribution in [0.5, 0.6) is 5.88 Å². The molecule has 0 aliphatic carbocycles. The molecular formula is C5H4ClF3N2O. The van der Waals surface area contributed by atoms with Crippen LogP contribution in [-0.4, -0.2) is 14.9 Å². The van der Waals surface area contributed by atoms with Crippen molar-refractivity contribution in [3.05, 3.63) is 10.7 Å². The quantitative estimate of drug-likeness (QED) is 0.694. The molecule has 0 aliphatic rings. The Morgan fingerprint density at radius 1 is 1.50 bits per heavy atom. The van der Waals surface area contributed by atoms with E-state index >= 15 is 0 Å². The number of nitrogens with zero attached hydrogens (tertiary/aromatic N) is 2. The summed E-state index contributed by atoms with van der Waals surface area (Å²) >= 11 is 5.15. The Balaban J connectivity index is 3.28. The Morgan fingerprint density at radius 3 is 2.17 bits per heavy atom. The number of aryl methyl sites for hydroxylation is 1. The second-order valence-corrected chi connectivity index (χ2v) is 2.49. The third kappa shape index (κ3) is 1.34. The molecule has 0 fully saturated rings. The van der Waals surface area contributed by atoms with E-state index in [0.717, 1.165) is 7.05 Å². The van der Waals surface area contributed by atoms with Crippen LogP contribution in [0.4, 0.5) is 13.2 Å². The van der Waals surface area contributed by atoms with Gasteiger partial charge in [0.15, 0.2) is 5.69 Å². The Kier molecular flexibility index (Phi) is 1.95. The lowest BCUT2D eigenvalue weighted by Gasteiger charge is -2.00. The summed E-state index contributed by atoms with van der Waals surface area (Å²) < 4.78 is 36.6. The average Bonchev–Trinajstić information content (AvgIpc) is 2.15. The maximum Gasteiger partial charge on any atom is 0.436 e. The van der Waals surface area contributed by atoms with E-state index in [0.29, 0.717) is 4.68 Å². The van der Waals surface area contributed by atoms with Crippen molar-refractivity contribution < 1.29 is 18.3 Å². The molecule has 0 spiro atoms. The lowest BCUT2D eigenvalue weighted by molar-refractivity contribution is -0.141. The Hall–Kier alpha value is -0.910. The second-order valence-electron chi connectivity index (χ2n) is 2.11. The van der Waals surface area contributed by atoms with Gasteiger partial charge in [-0.1, -0.05) is 11.6 Å². The van der Waals surface area contributed by atoms with E-state index < -0.39 is 22.8 Å². The van der Waals surface area contributed by atoms with Crippen LogP contribution < -0.4 is 0 Å². The molecule has 1 N–H and O–H groups in total. The van der Waals surface area contributed by atoms with Gasteiger partial charge in [0, 0.05) is 7.05 Å². The SMILES string of the molecule is Cn1nc(C(F)(F)F)c(Cl)c1O. The van der Waals surface area contributed by atoms with Gasteiger partial charge in [-0.15, -0.1) is 0 Å². The molecule has 1 aromatic rings. The third-order valence-electron chi connectivity index (χ3n) is 1.23. The van der Waals surface area contributed by atoms with Gasteiger partial charge in [-0.2, -0.15) is 18.3 Å². The highest BCUT2D eigenvalue weighted by Gasteiger charge is 2.38. The standard InChI is InChI=1S/C5H4ClF3N2O/c1-11-4(12)2(6)3(10-11)5(7,8)9/h12H,1H3. The molecule has 12 heavy (non-hydrogen) atoms. The van der Waals surface area contributed by atoms with Gasteiger partial charge in [0.2, 0.25) is 5.88 Å². The summed E-state index contributed by atoms with van der Waals surface area (Å²) in [6.07, 6.45) is -4.63. The Bertz CT molecular complexity index is 306. The summed E-state index contributed by atoms with van der Waals surface area (Å²) in [6.45, 7) is 0. The predicted molar refractivity (Wildman–Crippen MR) is 34.9 cm³/mol. The van der Waals surface area contributed by atoms with Crippen molar-refractivity contribution in [1.82, 2.24) is 9.78 Å². The summed E-state index contributed by atoms with van der Waals surface area (Å²) in [4.78, 5) is 0.